The van der Waals surface area contributed by atoms with Crippen molar-refractivity contribution in [3.05, 3.63) is 59.9 Å². The predicted molar refractivity (Wildman–Crippen MR) is 91.2 cm³/mol. The van der Waals surface area contributed by atoms with Gasteiger partial charge in [0.25, 0.3) is 0 Å². The number of hydrogen-bond donors (Lipinski definition) is 2. The van der Waals surface area contributed by atoms with Gasteiger partial charge >= 0.3 is 15.5 Å². The standard InChI is InChI=1S/C17H14F3N3O2S/c18-17(19,20)26(24,25)23-11-7-5-10(6-8-11)12-9-13(12)16-21-14-3-1-2-4-15(14)22-16/h1-8,12-13,23H,9H2,(H,21,22). The van der Waals surface area contributed by atoms with Crippen LogP contribution < -0.4 is 4.72 Å². The van der Waals surface area contributed by atoms with E-state index < -0.39 is 15.5 Å². The molecule has 0 bridgehead atoms. The van der Waals surface area contributed by atoms with E-state index >= 15 is 0 Å². The van der Waals surface area contributed by atoms with Gasteiger partial charge in [0.05, 0.1) is 11.0 Å². The van der Waals surface area contributed by atoms with Crippen molar-refractivity contribution in [1.29, 1.82) is 0 Å². The topological polar surface area (TPSA) is 74.8 Å². The van der Waals surface area contributed by atoms with Gasteiger partial charge in [0.15, 0.2) is 0 Å². The Morgan fingerprint density at radius 2 is 1.73 bits per heavy atom. The molecule has 2 atom stereocenters. The Morgan fingerprint density at radius 1 is 1.04 bits per heavy atom. The molecule has 2 N–H and O–H groups in total. The molecule has 3 aromatic rings. The Morgan fingerprint density at radius 3 is 2.38 bits per heavy atom. The molecule has 0 saturated heterocycles. The lowest BCUT2D eigenvalue weighted by molar-refractivity contribution is -0.0429. The molecule has 0 aliphatic heterocycles. The third-order valence-corrected chi connectivity index (χ3v) is 5.56. The van der Waals surface area contributed by atoms with E-state index in [1.807, 2.05) is 24.3 Å². The molecular weight excluding hydrogens is 367 g/mol. The Kier molecular flexibility index (Phi) is 3.72. The number of rotatable bonds is 4. The van der Waals surface area contributed by atoms with Crippen molar-refractivity contribution in [2.45, 2.75) is 23.8 Å². The molecular formula is C17H14F3N3O2S. The summed E-state index contributed by atoms with van der Waals surface area (Å²) in [5, 5.41) is 0. The third kappa shape index (κ3) is 3.03. The molecule has 1 heterocycles. The number of hydrogen-bond acceptors (Lipinski definition) is 3. The summed E-state index contributed by atoms with van der Waals surface area (Å²) < 4.78 is 61.0. The second-order valence-electron chi connectivity index (χ2n) is 6.26. The number of nitrogens with zero attached hydrogens (tertiary/aromatic N) is 1. The van der Waals surface area contributed by atoms with Gasteiger partial charge in [-0.25, -0.2) is 4.98 Å². The van der Waals surface area contributed by atoms with Crippen LogP contribution in [0.5, 0.6) is 0 Å². The predicted octanol–water partition coefficient (Wildman–Crippen LogP) is 4.10. The van der Waals surface area contributed by atoms with Crippen molar-refractivity contribution in [2.24, 2.45) is 0 Å². The summed E-state index contributed by atoms with van der Waals surface area (Å²) in [6.45, 7) is 0. The highest BCUT2D eigenvalue weighted by molar-refractivity contribution is 7.93. The normalized spacial score (nSPS) is 20.3. The van der Waals surface area contributed by atoms with Crippen molar-refractivity contribution in [1.82, 2.24) is 9.97 Å². The van der Waals surface area contributed by atoms with Gasteiger partial charge in [0, 0.05) is 11.6 Å². The number of para-hydroxylation sites is 2. The summed E-state index contributed by atoms with van der Waals surface area (Å²) in [7, 11) is -5.40. The van der Waals surface area contributed by atoms with Crippen molar-refractivity contribution < 1.29 is 21.6 Å². The fourth-order valence-corrected chi connectivity index (χ4v) is 3.59. The van der Waals surface area contributed by atoms with Crippen LogP contribution in [0.1, 0.15) is 29.6 Å². The second-order valence-corrected chi connectivity index (χ2v) is 7.94. The van der Waals surface area contributed by atoms with Crippen LogP contribution in [0.3, 0.4) is 0 Å². The SMILES string of the molecule is O=S(=O)(Nc1ccc(C2CC2c2nc3ccccc3[nH]2)cc1)C(F)(F)F. The number of aromatic nitrogens is 2. The van der Waals surface area contributed by atoms with Crippen molar-refractivity contribution in [3.63, 3.8) is 0 Å². The van der Waals surface area contributed by atoms with E-state index in [1.54, 1.807) is 12.1 Å². The molecule has 1 aliphatic carbocycles. The number of benzene rings is 2. The van der Waals surface area contributed by atoms with Gasteiger partial charge in [-0.3, -0.25) is 4.72 Å². The van der Waals surface area contributed by atoms with Gasteiger partial charge < -0.3 is 4.98 Å². The maximum atomic E-state index is 12.4. The number of sulfonamides is 1. The lowest BCUT2D eigenvalue weighted by Crippen LogP contribution is -2.29. The molecule has 1 aliphatic rings. The molecule has 136 valence electrons. The molecule has 5 nitrogen and oxygen atoms in total. The zero-order valence-electron chi connectivity index (χ0n) is 13.3. The number of aromatic amines is 1. The molecule has 4 rings (SSSR count). The van der Waals surface area contributed by atoms with E-state index in [1.165, 1.54) is 16.9 Å². The molecule has 0 amide bonds. The fourth-order valence-electron chi connectivity index (χ4n) is 3.03. The van der Waals surface area contributed by atoms with Gasteiger partial charge in [-0.1, -0.05) is 24.3 Å². The van der Waals surface area contributed by atoms with E-state index in [9.17, 15) is 21.6 Å². The lowest BCUT2D eigenvalue weighted by atomic mass is 10.1. The Labute approximate surface area is 147 Å². The molecule has 1 aromatic heterocycles. The van der Waals surface area contributed by atoms with Crippen LogP contribution in [0, 0.1) is 0 Å². The molecule has 2 unspecified atom stereocenters. The summed E-state index contributed by atoms with van der Waals surface area (Å²) in [5.74, 6) is 1.32. The van der Waals surface area contributed by atoms with Crippen LogP contribution in [0.4, 0.5) is 18.9 Å². The van der Waals surface area contributed by atoms with Crippen molar-refractivity contribution in [3.8, 4) is 0 Å². The smallest absolute Gasteiger partial charge is 0.342 e. The van der Waals surface area contributed by atoms with E-state index in [2.05, 4.69) is 9.97 Å². The largest absolute Gasteiger partial charge is 0.516 e. The minimum absolute atomic E-state index is 0.119. The zero-order chi connectivity index (χ0) is 18.5. The minimum Gasteiger partial charge on any atom is -0.342 e. The highest BCUT2D eigenvalue weighted by Crippen LogP contribution is 2.54. The lowest BCUT2D eigenvalue weighted by Gasteiger charge is -2.10. The van der Waals surface area contributed by atoms with Crippen LogP contribution in [-0.4, -0.2) is 23.9 Å². The Balaban J connectivity index is 1.48. The quantitative estimate of drug-likeness (QED) is 0.715. The van der Waals surface area contributed by atoms with Gasteiger partial charge in [-0.2, -0.15) is 21.6 Å². The van der Waals surface area contributed by atoms with Crippen LogP contribution in [0.15, 0.2) is 48.5 Å². The van der Waals surface area contributed by atoms with Gasteiger partial charge in [-0.15, -0.1) is 0 Å². The van der Waals surface area contributed by atoms with Gasteiger partial charge in [-0.05, 0) is 42.2 Å². The number of anilines is 1. The summed E-state index contributed by atoms with van der Waals surface area (Å²) in [4.78, 5) is 7.86. The number of halogens is 3. The molecule has 0 radical (unpaired) electrons. The van der Waals surface area contributed by atoms with Gasteiger partial charge in [0.2, 0.25) is 0 Å². The van der Waals surface area contributed by atoms with E-state index in [0.29, 0.717) is 0 Å². The molecule has 1 saturated carbocycles. The highest BCUT2D eigenvalue weighted by atomic mass is 32.2. The first kappa shape index (κ1) is 16.9. The van der Waals surface area contributed by atoms with Crippen LogP contribution in [-0.2, 0) is 10.0 Å². The van der Waals surface area contributed by atoms with Crippen LogP contribution in [0.25, 0.3) is 11.0 Å². The van der Waals surface area contributed by atoms with Crippen LogP contribution in [0.2, 0.25) is 0 Å². The third-order valence-electron chi connectivity index (χ3n) is 4.45. The van der Waals surface area contributed by atoms with Gasteiger partial charge in [0.1, 0.15) is 5.82 Å². The van der Waals surface area contributed by atoms with Crippen molar-refractivity contribution >= 4 is 26.7 Å². The first-order valence-corrected chi connectivity index (χ1v) is 9.36. The second kappa shape index (κ2) is 5.73. The molecule has 0 spiro atoms. The number of alkyl halides is 3. The van der Waals surface area contributed by atoms with Crippen molar-refractivity contribution in [2.75, 3.05) is 4.72 Å². The molecule has 1 fully saturated rings. The fraction of sp³-hybridized carbons (Fsp3) is 0.235. The number of nitrogens with one attached hydrogen (secondary N) is 2. The maximum absolute atomic E-state index is 12.4. The maximum Gasteiger partial charge on any atom is 0.516 e. The first-order chi connectivity index (χ1) is 12.2. The summed E-state index contributed by atoms with van der Waals surface area (Å²) >= 11 is 0. The summed E-state index contributed by atoms with van der Waals surface area (Å²) in [6, 6.07) is 13.7. The molecule has 26 heavy (non-hydrogen) atoms. The Hall–Kier alpha value is -2.55. The van der Waals surface area contributed by atoms with E-state index in [0.717, 1.165) is 28.8 Å². The average molecular weight is 381 g/mol. The number of H-pyrrole nitrogens is 1. The van der Waals surface area contributed by atoms with E-state index in [-0.39, 0.29) is 17.5 Å². The Bertz CT molecular complexity index is 1030. The number of fused-ring (bicyclic) bond motifs is 1. The summed E-state index contributed by atoms with van der Waals surface area (Å²) in [6.07, 6.45) is 0.882. The molecule has 9 heteroatoms. The van der Waals surface area contributed by atoms with Crippen LogP contribution >= 0.6 is 0 Å². The summed E-state index contributed by atoms with van der Waals surface area (Å²) in [5.41, 5.74) is -2.67. The molecule has 2 aromatic carbocycles. The monoisotopic (exact) mass is 381 g/mol. The average Bonchev–Trinajstić information content (AvgIpc) is 3.25. The highest BCUT2D eigenvalue weighted by Gasteiger charge is 2.46. The number of imidazole rings is 1. The minimum atomic E-state index is -5.40. The zero-order valence-corrected chi connectivity index (χ0v) is 14.1. The first-order valence-electron chi connectivity index (χ1n) is 7.88. The van der Waals surface area contributed by atoms with E-state index in [4.69, 9.17) is 0 Å².